The molecule has 2 N–H and O–H groups in total. The third kappa shape index (κ3) is 7.07. The summed E-state index contributed by atoms with van der Waals surface area (Å²) in [6, 6.07) is 17.3. The topological polar surface area (TPSA) is 53.1 Å². The SMILES string of the molecule is CCN(Cc1cccc(-c2ccnc(NCCc3cccc(F)c3)n2)c1)C[C@H]1CCCNC1. The van der Waals surface area contributed by atoms with Crippen LogP contribution in [0, 0.1) is 11.7 Å². The van der Waals surface area contributed by atoms with Gasteiger partial charge in [0.25, 0.3) is 0 Å². The first kappa shape index (κ1) is 23.3. The van der Waals surface area contributed by atoms with Gasteiger partial charge in [0.2, 0.25) is 5.95 Å². The van der Waals surface area contributed by atoms with Crippen LogP contribution < -0.4 is 10.6 Å². The van der Waals surface area contributed by atoms with Gasteiger partial charge in [0.15, 0.2) is 0 Å². The number of hydrogen-bond acceptors (Lipinski definition) is 5. The van der Waals surface area contributed by atoms with Crippen LogP contribution in [-0.2, 0) is 13.0 Å². The van der Waals surface area contributed by atoms with Crippen LogP contribution >= 0.6 is 0 Å². The molecule has 1 aromatic heterocycles. The maximum absolute atomic E-state index is 13.4. The Morgan fingerprint density at radius 3 is 2.82 bits per heavy atom. The van der Waals surface area contributed by atoms with Gasteiger partial charge in [0.1, 0.15) is 5.82 Å². The predicted molar refractivity (Wildman–Crippen MR) is 133 cm³/mol. The minimum atomic E-state index is -0.206. The molecule has 1 atom stereocenters. The Balaban J connectivity index is 1.37. The molecular formula is C27H34FN5. The summed E-state index contributed by atoms with van der Waals surface area (Å²) in [4.78, 5) is 11.6. The first-order valence-electron chi connectivity index (χ1n) is 12.0. The Morgan fingerprint density at radius 2 is 2.00 bits per heavy atom. The van der Waals surface area contributed by atoms with E-state index in [4.69, 9.17) is 4.98 Å². The lowest BCUT2D eigenvalue weighted by Crippen LogP contribution is -2.38. The van der Waals surface area contributed by atoms with Gasteiger partial charge in [-0.1, -0.05) is 37.3 Å². The van der Waals surface area contributed by atoms with Crippen molar-refractivity contribution in [1.82, 2.24) is 20.2 Å². The fraction of sp³-hybridized carbons (Fsp3) is 0.407. The highest BCUT2D eigenvalue weighted by Gasteiger charge is 2.16. The molecular weight excluding hydrogens is 413 g/mol. The summed E-state index contributed by atoms with van der Waals surface area (Å²) >= 11 is 0. The predicted octanol–water partition coefficient (Wildman–Crippen LogP) is 4.76. The van der Waals surface area contributed by atoms with Crippen molar-refractivity contribution in [2.24, 2.45) is 5.92 Å². The molecule has 1 fully saturated rings. The Kier molecular flexibility index (Phi) is 8.39. The van der Waals surface area contributed by atoms with Crippen molar-refractivity contribution in [3.63, 3.8) is 0 Å². The lowest BCUT2D eigenvalue weighted by Gasteiger charge is -2.29. The van der Waals surface area contributed by atoms with Crippen LogP contribution in [0.3, 0.4) is 0 Å². The van der Waals surface area contributed by atoms with Crippen molar-refractivity contribution in [2.75, 3.05) is 38.0 Å². The van der Waals surface area contributed by atoms with E-state index in [9.17, 15) is 4.39 Å². The van der Waals surface area contributed by atoms with Gasteiger partial charge in [-0.05, 0) is 80.2 Å². The smallest absolute Gasteiger partial charge is 0.223 e. The molecule has 2 heterocycles. The fourth-order valence-electron chi connectivity index (χ4n) is 4.45. The molecule has 0 bridgehead atoms. The van der Waals surface area contributed by atoms with E-state index in [1.54, 1.807) is 18.3 Å². The average molecular weight is 448 g/mol. The third-order valence-electron chi connectivity index (χ3n) is 6.23. The molecule has 1 aliphatic heterocycles. The Morgan fingerprint density at radius 1 is 1.12 bits per heavy atom. The van der Waals surface area contributed by atoms with E-state index in [2.05, 4.69) is 51.7 Å². The van der Waals surface area contributed by atoms with Gasteiger partial charge < -0.3 is 10.6 Å². The van der Waals surface area contributed by atoms with E-state index in [0.29, 0.717) is 18.9 Å². The number of rotatable bonds is 10. The minimum Gasteiger partial charge on any atom is -0.354 e. The summed E-state index contributed by atoms with van der Waals surface area (Å²) < 4.78 is 13.4. The molecule has 0 unspecified atom stereocenters. The van der Waals surface area contributed by atoms with Gasteiger partial charge >= 0.3 is 0 Å². The number of piperidine rings is 1. The molecule has 33 heavy (non-hydrogen) atoms. The molecule has 0 saturated carbocycles. The van der Waals surface area contributed by atoms with Crippen molar-refractivity contribution in [1.29, 1.82) is 0 Å². The third-order valence-corrected chi connectivity index (χ3v) is 6.23. The Labute approximate surface area is 196 Å². The molecule has 0 spiro atoms. The van der Waals surface area contributed by atoms with Crippen LogP contribution in [0.2, 0.25) is 0 Å². The number of nitrogens with one attached hydrogen (secondary N) is 2. The molecule has 0 radical (unpaired) electrons. The summed E-state index contributed by atoms with van der Waals surface area (Å²) in [6.07, 6.45) is 5.10. The maximum Gasteiger partial charge on any atom is 0.223 e. The molecule has 2 aromatic carbocycles. The monoisotopic (exact) mass is 447 g/mol. The second-order valence-corrected chi connectivity index (χ2v) is 8.81. The lowest BCUT2D eigenvalue weighted by atomic mass is 9.98. The molecule has 6 heteroatoms. The first-order chi connectivity index (χ1) is 16.2. The van der Waals surface area contributed by atoms with Crippen LogP contribution in [-0.4, -0.2) is 47.6 Å². The normalized spacial score (nSPS) is 16.2. The van der Waals surface area contributed by atoms with Gasteiger partial charge in [-0.2, -0.15) is 0 Å². The largest absolute Gasteiger partial charge is 0.354 e. The number of halogens is 1. The molecule has 0 aliphatic carbocycles. The fourth-order valence-corrected chi connectivity index (χ4v) is 4.45. The number of benzene rings is 2. The number of anilines is 1. The van der Waals surface area contributed by atoms with Crippen molar-refractivity contribution < 1.29 is 4.39 Å². The zero-order valence-corrected chi connectivity index (χ0v) is 19.4. The van der Waals surface area contributed by atoms with Crippen molar-refractivity contribution in [2.45, 2.75) is 32.7 Å². The average Bonchev–Trinajstić information content (AvgIpc) is 2.85. The zero-order chi connectivity index (χ0) is 22.9. The number of nitrogens with zero attached hydrogens (tertiary/aromatic N) is 3. The van der Waals surface area contributed by atoms with Crippen LogP contribution in [0.25, 0.3) is 11.3 Å². The minimum absolute atomic E-state index is 0.206. The highest BCUT2D eigenvalue weighted by atomic mass is 19.1. The summed E-state index contributed by atoms with van der Waals surface area (Å²) in [5, 5.41) is 6.79. The zero-order valence-electron chi connectivity index (χ0n) is 19.4. The van der Waals surface area contributed by atoms with E-state index >= 15 is 0 Å². The maximum atomic E-state index is 13.4. The van der Waals surface area contributed by atoms with Crippen LogP contribution in [0.15, 0.2) is 60.8 Å². The van der Waals surface area contributed by atoms with Crippen molar-refractivity contribution in [3.05, 3.63) is 77.7 Å². The second-order valence-electron chi connectivity index (χ2n) is 8.81. The molecule has 1 saturated heterocycles. The molecule has 4 rings (SSSR count). The van der Waals surface area contributed by atoms with Gasteiger partial charge in [-0.3, -0.25) is 4.90 Å². The quantitative estimate of drug-likeness (QED) is 0.469. The van der Waals surface area contributed by atoms with Crippen molar-refractivity contribution >= 4 is 5.95 Å². The number of hydrogen-bond donors (Lipinski definition) is 2. The number of aromatic nitrogens is 2. The summed E-state index contributed by atoms with van der Waals surface area (Å²) in [5.41, 5.74) is 4.26. The highest BCUT2D eigenvalue weighted by molar-refractivity contribution is 5.60. The lowest BCUT2D eigenvalue weighted by molar-refractivity contribution is 0.210. The Hall–Kier alpha value is -2.83. The van der Waals surface area contributed by atoms with Gasteiger partial charge in [-0.25, -0.2) is 14.4 Å². The second kappa shape index (κ2) is 11.9. The van der Waals surface area contributed by atoms with Crippen LogP contribution in [0.1, 0.15) is 30.9 Å². The van der Waals surface area contributed by atoms with E-state index < -0.39 is 0 Å². The van der Waals surface area contributed by atoms with Crippen molar-refractivity contribution in [3.8, 4) is 11.3 Å². The van der Waals surface area contributed by atoms with Gasteiger partial charge in [0.05, 0.1) is 5.69 Å². The van der Waals surface area contributed by atoms with Gasteiger partial charge in [0, 0.05) is 31.4 Å². The highest BCUT2D eigenvalue weighted by Crippen LogP contribution is 2.21. The standard InChI is InChI=1S/C27H34FN5/c1-2-33(20-23-8-5-13-29-18-23)19-22-7-3-9-24(16-22)26-12-15-31-27(32-26)30-14-11-21-6-4-10-25(28)17-21/h3-4,6-7,9-10,12,15-17,23,29H,2,5,8,11,13-14,18-20H2,1H3,(H,30,31,32)/t23-/m0/s1. The van der Waals surface area contributed by atoms with Gasteiger partial charge in [-0.15, -0.1) is 0 Å². The molecule has 0 amide bonds. The van der Waals surface area contributed by atoms with E-state index in [1.807, 2.05) is 12.1 Å². The van der Waals surface area contributed by atoms with Crippen LogP contribution in [0.4, 0.5) is 10.3 Å². The summed E-state index contributed by atoms with van der Waals surface area (Å²) in [5.74, 6) is 1.13. The summed E-state index contributed by atoms with van der Waals surface area (Å²) in [7, 11) is 0. The van der Waals surface area contributed by atoms with E-state index in [0.717, 1.165) is 55.5 Å². The molecule has 1 aliphatic rings. The summed E-state index contributed by atoms with van der Waals surface area (Å²) in [6.45, 7) is 8.32. The molecule has 5 nitrogen and oxygen atoms in total. The first-order valence-corrected chi connectivity index (χ1v) is 12.0. The van der Waals surface area contributed by atoms with E-state index in [-0.39, 0.29) is 5.82 Å². The van der Waals surface area contributed by atoms with Crippen LogP contribution in [0.5, 0.6) is 0 Å². The molecule has 174 valence electrons. The molecule has 3 aromatic rings. The Bertz CT molecular complexity index is 1020. The van der Waals surface area contributed by atoms with E-state index in [1.165, 1.54) is 24.5 Å².